The van der Waals surface area contributed by atoms with Gasteiger partial charge in [-0.1, -0.05) is 15.9 Å². The first-order chi connectivity index (χ1) is 6.19. The number of Topliss-reactive ketones (excluding diaryl/α,β-unsaturated/α-hetero) is 1. The average molecular weight is 263 g/mol. The van der Waals surface area contributed by atoms with Crippen LogP contribution in [0.1, 0.15) is 20.0 Å². The minimum Gasteiger partial charge on any atom is -0.465 e. The maximum absolute atomic E-state index is 11.1. The summed E-state index contributed by atoms with van der Waals surface area (Å²) in [4.78, 5) is 22.6. The van der Waals surface area contributed by atoms with Crippen molar-refractivity contribution in [2.24, 2.45) is 0 Å². The Morgan fingerprint density at radius 1 is 1.62 bits per heavy atom. The Morgan fingerprint density at radius 3 is 2.85 bits per heavy atom. The first-order valence-electron chi connectivity index (χ1n) is 3.45. The van der Waals surface area contributed by atoms with E-state index in [1.807, 2.05) is 0 Å². The van der Waals surface area contributed by atoms with Crippen molar-refractivity contribution in [3.05, 3.63) is 21.9 Å². The van der Waals surface area contributed by atoms with Gasteiger partial charge >= 0.3 is 5.97 Å². The maximum atomic E-state index is 11.1. The molecule has 0 bridgehead atoms. The third-order valence-electron chi connectivity index (χ3n) is 1.43. The molecule has 0 saturated carbocycles. The van der Waals surface area contributed by atoms with Crippen molar-refractivity contribution in [1.29, 1.82) is 0 Å². The molecule has 0 N–H and O–H groups in total. The molecule has 0 spiro atoms. The number of methoxy groups -OCH3 is 1. The predicted octanol–water partition coefficient (Wildman–Crippen LogP) is 2.11. The number of thiophene rings is 1. The molecule has 0 saturated heterocycles. The molecule has 3 nitrogen and oxygen atoms in total. The van der Waals surface area contributed by atoms with Crippen LogP contribution in [0.25, 0.3) is 0 Å². The highest BCUT2D eigenvalue weighted by Gasteiger charge is 2.12. The van der Waals surface area contributed by atoms with Gasteiger partial charge in [-0.2, -0.15) is 0 Å². The Balaban J connectivity index is 2.86. The minimum atomic E-state index is -0.404. The molecule has 0 aliphatic carbocycles. The highest BCUT2D eigenvalue weighted by molar-refractivity contribution is 9.09. The van der Waals surface area contributed by atoms with Crippen LogP contribution in [0.5, 0.6) is 0 Å². The topological polar surface area (TPSA) is 43.4 Å². The summed E-state index contributed by atoms with van der Waals surface area (Å²) in [7, 11) is 1.31. The molecule has 0 aliphatic heterocycles. The zero-order chi connectivity index (χ0) is 9.84. The largest absolute Gasteiger partial charge is 0.465 e. The molecule has 0 atom stereocenters. The molecule has 0 unspecified atom stereocenters. The number of hydrogen-bond acceptors (Lipinski definition) is 4. The Hall–Kier alpha value is -0.680. The van der Waals surface area contributed by atoms with Crippen LogP contribution >= 0.6 is 27.3 Å². The molecule has 0 aliphatic rings. The van der Waals surface area contributed by atoms with Gasteiger partial charge in [-0.15, -0.1) is 11.3 Å². The van der Waals surface area contributed by atoms with E-state index >= 15 is 0 Å². The molecular formula is C8H7BrO3S. The molecule has 1 rings (SSSR count). The summed E-state index contributed by atoms with van der Waals surface area (Å²) >= 11 is 4.26. The number of ether oxygens (including phenoxy) is 1. The second-order valence-corrected chi connectivity index (χ2v) is 3.72. The second kappa shape index (κ2) is 4.53. The van der Waals surface area contributed by atoms with Gasteiger partial charge in [0.15, 0.2) is 5.78 Å². The smallest absolute Gasteiger partial charge is 0.348 e. The summed E-state index contributed by atoms with van der Waals surface area (Å²) in [6.07, 6.45) is 0. The molecule has 0 radical (unpaired) electrons. The highest BCUT2D eigenvalue weighted by Crippen LogP contribution is 2.16. The van der Waals surface area contributed by atoms with E-state index in [4.69, 9.17) is 0 Å². The number of carbonyl (C=O) groups excluding carboxylic acids is 2. The predicted molar refractivity (Wildman–Crippen MR) is 53.8 cm³/mol. The summed E-state index contributed by atoms with van der Waals surface area (Å²) in [5.41, 5.74) is 0.544. The number of rotatable bonds is 3. The first kappa shape index (κ1) is 10.4. The highest BCUT2D eigenvalue weighted by atomic mass is 79.9. The molecule has 1 aromatic heterocycles. The lowest BCUT2D eigenvalue weighted by Crippen LogP contribution is -1.99. The van der Waals surface area contributed by atoms with Crippen molar-refractivity contribution in [3.63, 3.8) is 0 Å². The lowest BCUT2D eigenvalue weighted by Gasteiger charge is -1.91. The summed E-state index contributed by atoms with van der Waals surface area (Å²) < 4.78 is 4.51. The summed E-state index contributed by atoms with van der Waals surface area (Å²) in [6, 6.07) is 1.54. The van der Waals surface area contributed by atoms with Gasteiger partial charge in [-0.25, -0.2) is 4.79 Å². The zero-order valence-electron chi connectivity index (χ0n) is 6.87. The standard InChI is InChI=1S/C8H7BrO3S/c1-12-8(11)7-2-5(4-13-7)6(10)3-9/h2,4H,3H2,1H3. The summed E-state index contributed by atoms with van der Waals surface area (Å²) in [5, 5.41) is 1.92. The Morgan fingerprint density at radius 2 is 2.31 bits per heavy atom. The van der Waals surface area contributed by atoms with E-state index in [9.17, 15) is 9.59 Å². The lowest BCUT2D eigenvalue weighted by molar-refractivity contribution is 0.0606. The van der Waals surface area contributed by atoms with Crippen LogP contribution in [-0.4, -0.2) is 24.2 Å². The minimum absolute atomic E-state index is 0.0357. The Bertz CT molecular complexity index is 301. The fourth-order valence-corrected chi connectivity index (χ4v) is 1.92. The van der Waals surface area contributed by atoms with Gasteiger partial charge in [-0.3, -0.25) is 4.79 Å². The van der Waals surface area contributed by atoms with Crippen LogP contribution in [-0.2, 0) is 4.74 Å². The van der Waals surface area contributed by atoms with Crippen molar-refractivity contribution in [2.45, 2.75) is 0 Å². The second-order valence-electron chi connectivity index (χ2n) is 2.25. The van der Waals surface area contributed by atoms with Crippen LogP contribution in [0.15, 0.2) is 11.4 Å². The van der Waals surface area contributed by atoms with E-state index in [-0.39, 0.29) is 11.1 Å². The van der Waals surface area contributed by atoms with E-state index in [1.54, 1.807) is 11.4 Å². The van der Waals surface area contributed by atoms with Gasteiger partial charge in [0.05, 0.1) is 12.4 Å². The van der Waals surface area contributed by atoms with Gasteiger partial charge in [-0.05, 0) is 6.07 Å². The summed E-state index contributed by atoms with van der Waals surface area (Å²) in [6.45, 7) is 0. The van der Waals surface area contributed by atoms with Crippen LogP contribution in [0, 0.1) is 0 Å². The molecule has 0 amide bonds. The first-order valence-corrected chi connectivity index (χ1v) is 5.45. The van der Waals surface area contributed by atoms with Crippen molar-refractivity contribution >= 4 is 39.0 Å². The number of carbonyl (C=O) groups is 2. The normalized spacial score (nSPS) is 9.69. The van der Waals surface area contributed by atoms with Gasteiger partial charge in [0.1, 0.15) is 4.88 Å². The summed E-state index contributed by atoms with van der Waals surface area (Å²) in [5.74, 6) is -0.440. The van der Waals surface area contributed by atoms with Crippen molar-refractivity contribution in [2.75, 3.05) is 12.4 Å². The van der Waals surface area contributed by atoms with Crippen LogP contribution in [0.4, 0.5) is 0 Å². The van der Waals surface area contributed by atoms with E-state index < -0.39 is 5.97 Å². The number of esters is 1. The SMILES string of the molecule is COC(=O)c1cc(C(=O)CBr)cs1. The van der Waals surface area contributed by atoms with Gasteiger partial charge in [0, 0.05) is 10.9 Å². The van der Waals surface area contributed by atoms with Crippen LogP contribution in [0.2, 0.25) is 0 Å². The number of hydrogen-bond donors (Lipinski definition) is 0. The maximum Gasteiger partial charge on any atom is 0.348 e. The quantitative estimate of drug-likeness (QED) is 0.476. The Labute approximate surface area is 87.8 Å². The molecule has 0 aromatic carbocycles. The third kappa shape index (κ3) is 2.38. The van der Waals surface area contributed by atoms with Gasteiger partial charge in [0.25, 0.3) is 0 Å². The molecular weight excluding hydrogens is 256 g/mol. The molecule has 70 valence electrons. The number of alkyl halides is 1. The Kier molecular flexibility index (Phi) is 3.62. The van der Waals surface area contributed by atoms with Gasteiger partial charge in [0.2, 0.25) is 0 Å². The molecule has 0 fully saturated rings. The van der Waals surface area contributed by atoms with Gasteiger partial charge < -0.3 is 4.74 Å². The van der Waals surface area contributed by atoms with Crippen molar-refractivity contribution < 1.29 is 14.3 Å². The van der Waals surface area contributed by atoms with E-state index in [1.165, 1.54) is 18.4 Å². The monoisotopic (exact) mass is 262 g/mol. The molecule has 1 aromatic rings. The van der Waals surface area contributed by atoms with Crippen molar-refractivity contribution in [1.82, 2.24) is 0 Å². The molecule has 1 heterocycles. The lowest BCUT2D eigenvalue weighted by atomic mass is 10.2. The average Bonchev–Trinajstić information content (AvgIpc) is 2.64. The molecule has 5 heteroatoms. The molecule has 13 heavy (non-hydrogen) atoms. The fourth-order valence-electron chi connectivity index (χ4n) is 0.767. The number of halogens is 1. The number of ketones is 1. The third-order valence-corrected chi connectivity index (χ3v) is 2.85. The fraction of sp³-hybridized carbons (Fsp3) is 0.250. The van der Waals surface area contributed by atoms with E-state index in [0.29, 0.717) is 10.4 Å². The zero-order valence-corrected chi connectivity index (χ0v) is 9.28. The van der Waals surface area contributed by atoms with Crippen molar-refractivity contribution in [3.8, 4) is 0 Å². The van der Waals surface area contributed by atoms with E-state index in [2.05, 4.69) is 20.7 Å². The van der Waals surface area contributed by atoms with E-state index in [0.717, 1.165) is 0 Å². The van der Waals surface area contributed by atoms with Crippen LogP contribution in [0.3, 0.4) is 0 Å². The van der Waals surface area contributed by atoms with Crippen LogP contribution < -0.4 is 0 Å².